The van der Waals surface area contributed by atoms with Gasteiger partial charge in [-0.25, -0.2) is 9.97 Å². The van der Waals surface area contributed by atoms with E-state index in [2.05, 4.69) is 9.97 Å². The third-order valence-electron chi connectivity index (χ3n) is 2.21. The first kappa shape index (κ1) is 9.74. The Labute approximate surface area is 100 Å². The molecule has 0 aliphatic rings. The topological polar surface area (TPSA) is 35.0 Å². The largest absolute Gasteiger partial charge is 0.479 e. The molecule has 0 bridgehead atoms. The molecular formula is C11H8N2OS2. The molecule has 3 rings (SSSR count). The number of methoxy groups -OCH3 is 1. The number of fused-ring (bicyclic) bond motifs is 1. The van der Waals surface area contributed by atoms with E-state index in [1.807, 2.05) is 29.0 Å². The van der Waals surface area contributed by atoms with Crippen molar-refractivity contribution in [2.45, 2.75) is 0 Å². The maximum absolute atomic E-state index is 5.28. The van der Waals surface area contributed by atoms with Gasteiger partial charge in [0, 0.05) is 0 Å². The molecule has 3 heterocycles. The van der Waals surface area contributed by atoms with Crippen LogP contribution >= 0.6 is 22.7 Å². The number of thiophene rings is 2. The zero-order valence-corrected chi connectivity index (χ0v) is 10.1. The number of ether oxygens (including phenoxy) is 1. The molecular weight excluding hydrogens is 240 g/mol. The molecule has 0 amide bonds. The second kappa shape index (κ2) is 3.84. The molecule has 0 N–H and O–H groups in total. The summed E-state index contributed by atoms with van der Waals surface area (Å²) < 4.78 is 5.28. The third-order valence-corrected chi connectivity index (χ3v) is 3.88. The van der Waals surface area contributed by atoms with Crippen molar-refractivity contribution in [2.24, 2.45) is 0 Å². The van der Waals surface area contributed by atoms with Crippen molar-refractivity contribution in [1.82, 2.24) is 9.97 Å². The standard InChI is InChI=1S/C11H8N2OS2/c1-14-10-9(8-3-2-5-15-8)13-11-7(12-10)4-6-16-11/h2-6H,1H3. The smallest absolute Gasteiger partial charge is 0.241 e. The van der Waals surface area contributed by atoms with Crippen LogP contribution in [-0.4, -0.2) is 17.1 Å². The molecule has 0 saturated heterocycles. The van der Waals surface area contributed by atoms with E-state index < -0.39 is 0 Å². The van der Waals surface area contributed by atoms with E-state index in [0.717, 1.165) is 20.9 Å². The first-order chi connectivity index (χ1) is 7.88. The fraction of sp³-hybridized carbons (Fsp3) is 0.0909. The highest BCUT2D eigenvalue weighted by Crippen LogP contribution is 2.32. The van der Waals surface area contributed by atoms with Gasteiger partial charge in [0.25, 0.3) is 0 Å². The number of hydrogen-bond donors (Lipinski definition) is 0. The molecule has 0 spiro atoms. The summed E-state index contributed by atoms with van der Waals surface area (Å²) in [5.41, 5.74) is 1.72. The minimum Gasteiger partial charge on any atom is -0.479 e. The summed E-state index contributed by atoms with van der Waals surface area (Å²) in [5.74, 6) is 0.591. The van der Waals surface area contributed by atoms with Crippen molar-refractivity contribution in [3.8, 4) is 16.5 Å². The lowest BCUT2D eigenvalue weighted by Gasteiger charge is -2.04. The summed E-state index contributed by atoms with van der Waals surface area (Å²) in [6.45, 7) is 0. The second-order valence-electron chi connectivity index (χ2n) is 3.17. The van der Waals surface area contributed by atoms with Crippen molar-refractivity contribution in [3.63, 3.8) is 0 Å². The monoisotopic (exact) mass is 248 g/mol. The van der Waals surface area contributed by atoms with Crippen LogP contribution in [0.5, 0.6) is 5.88 Å². The molecule has 80 valence electrons. The quantitative estimate of drug-likeness (QED) is 0.697. The van der Waals surface area contributed by atoms with Crippen molar-refractivity contribution in [3.05, 3.63) is 29.0 Å². The van der Waals surface area contributed by atoms with Crippen LogP contribution in [0.25, 0.3) is 20.9 Å². The fourth-order valence-electron chi connectivity index (χ4n) is 1.49. The SMILES string of the molecule is COc1nc2ccsc2nc1-c1cccs1. The van der Waals surface area contributed by atoms with Gasteiger partial charge in [-0.2, -0.15) is 0 Å². The summed E-state index contributed by atoms with van der Waals surface area (Å²) >= 11 is 3.23. The number of nitrogens with zero attached hydrogens (tertiary/aromatic N) is 2. The highest BCUT2D eigenvalue weighted by molar-refractivity contribution is 7.16. The zero-order valence-electron chi connectivity index (χ0n) is 8.51. The van der Waals surface area contributed by atoms with Crippen molar-refractivity contribution < 1.29 is 4.74 Å². The van der Waals surface area contributed by atoms with Gasteiger partial charge >= 0.3 is 0 Å². The molecule has 0 unspecified atom stereocenters. The van der Waals surface area contributed by atoms with Crippen LogP contribution in [0.3, 0.4) is 0 Å². The van der Waals surface area contributed by atoms with Gasteiger partial charge in [0.1, 0.15) is 16.0 Å². The maximum atomic E-state index is 5.28. The van der Waals surface area contributed by atoms with Gasteiger partial charge in [0.2, 0.25) is 5.88 Å². The molecule has 0 aromatic carbocycles. The van der Waals surface area contributed by atoms with Crippen LogP contribution in [0.2, 0.25) is 0 Å². The Balaban J connectivity index is 2.29. The highest BCUT2D eigenvalue weighted by Gasteiger charge is 2.12. The van der Waals surface area contributed by atoms with E-state index in [-0.39, 0.29) is 0 Å². The molecule has 0 aliphatic heterocycles. The van der Waals surface area contributed by atoms with E-state index in [9.17, 15) is 0 Å². The molecule has 5 heteroatoms. The zero-order chi connectivity index (χ0) is 11.0. The van der Waals surface area contributed by atoms with Crippen molar-refractivity contribution >= 4 is 33.0 Å². The molecule has 0 fully saturated rings. The van der Waals surface area contributed by atoms with Crippen molar-refractivity contribution in [1.29, 1.82) is 0 Å². The maximum Gasteiger partial charge on any atom is 0.241 e. The van der Waals surface area contributed by atoms with Gasteiger partial charge in [-0.15, -0.1) is 22.7 Å². The van der Waals surface area contributed by atoms with Crippen LogP contribution in [0, 0.1) is 0 Å². The minimum absolute atomic E-state index is 0.591. The average molecular weight is 248 g/mol. The number of aromatic nitrogens is 2. The highest BCUT2D eigenvalue weighted by atomic mass is 32.1. The van der Waals surface area contributed by atoms with Crippen LogP contribution in [0.4, 0.5) is 0 Å². The van der Waals surface area contributed by atoms with Crippen LogP contribution in [0.15, 0.2) is 29.0 Å². The van der Waals surface area contributed by atoms with Crippen LogP contribution in [0.1, 0.15) is 0 Å². The van der Waals surface area contributed by atoms with Gasteiger partial charge in [-0.1, -0.05) is 6.07 Å². The van der Waals surface area contributed by atoms with Gasteiger partial charge in [0.15, 0.2) is 0 Å². The Hall–Kier alpha value is -1.46. The second-order valence-corrected chi connectivity index (χ2v) is 5.01. The van der Waals surface area contributed by atoms with Gasteiger partial charge in [0.05, 0.1) is 12.0 Å². The molecule has 0 atom stereocenters. The Bertz CT molecular complexity index is 616. The molecule has 0 radical (unpaired) electrons. The predicted octanol–water partition coefficient (Wildman–Crippen LogP) is 3.43. The Morgan fingerprint density at radius 2 is 2.06 bits per heavy atom. The fourth-order valence-corrected chi connectivity index (χ4v) is 2.90. The number of rotatable bonds is 2. The Morgan fingerprint density at radius 3 is 2.81 bits per heavy atom. The molecule has 3 aromatic rings. The summed E-state index contributed by atoms with van der Waals surface area (Å²) in [5, 5.41) is 4.01. The van der Waals surface area contributed by atoms with Crippen LogP contribution in [-0.2, 0) is 0 Å². The molecule has 16 heavy (non-hydrogen) atoms. The Morgan fingerprint density at radius 1 is 1.12 bits per heavy atom. The molecule has 3 nitrogen and oxygen atoms in total. The number of hydrogen-bond acceptors (Lipinski definition) is 5. The first-order valence-corrected chi connectivity index (χ1v) is 6.47. The lowest BCUT2D eigenvalue weighted by molar-refractivity contribution is 0.400. The van der Waals surface area contributed by atoms with E-state index in [1.54, 1.807) is 29.8 Å². The van der Waals surface area contributed by atoms with Crippen LogP contribution < -0.4 is 4.74 Å². The van der Waals surface area contributed by atoms with Gasteiger partial charge in [-0.05, 0) is 22.9 Å². The third kappa shape index (κ3) is 1.48. The summed E-state index contributed by atoms with van der Waals surface area (Å²) in [4.78, 5) is 11.1. The lowest BCUT2D eigenvalue weighted by Crippen LogP contribution is -1.93. The molecule has 0 saturated carbocycles. The normalized spacial score (nSPS) is 10.8. The Kier molecular flexibility index (Phi) is 2.34. The van der Waals surface area contributed by atoms with E-state index in [0.29, 0.717) is 5.88 Å². The minimum atomic E-state index is 0.591. The molecule has 0 aliphatic carbocycles. The summed E-state index contributed by atoms with van der Waals surface area (Å²) in [6, 6.07) is 5.98. The van der Waals surface area contributed by atoms with E-state index in [1.165, 1.54) is 0 Å². The summed E-state index contributed by atoms with van der Waals surface area (Å²) in [6.07, 6.45) is 0. The first-order valence-electron chi connectivity index (χ1n) is 4.71. The van der Waals surface area contributed by atoms with Gasteiger partial charge in [-0.3, -0.25) is 0 Å². The predicted molar refractivity (Wildman–Crippen MR) is 67.3 cm³/mol. The van der Waals surface area contributed by atoms with Crippen molar-refractivity contribution in [2.75, 3.05) is 7.11 Å². The average Bonchev–Trinajstić information content (AvgIpc) is 2.97. The van der Waals surface area contributed by atoms with E-state index in [4.69, 9.17) is 4.74 Å². The molecule has 3 aromatic heterocycles. The lowest BCUT2D eigenvalue weighted by atomic mass is 10.3. The van der Waals surface area contributed by atoms with Gasteiger partial charge < -0.3 is 4.74 Å². The van der Waals surface area contributed by atoms with E-state index >= 15 is 0 Å². The summed E-state index contributed by atoms with van der Waals surface area (Å²) in [7, 11) is 1.62.